The molecule has 0 aliphatic carbocycles. The van der Waals surface area contributed by atoms with Crippen LogP contribution in [0.3, 0.4) is 0 Å². The number of ether oxygens (including phenoxy) is 2. The van der Waals surface area contributed by atoms with E-state index in [4.69, 9.17) is 9.47 Å². The van der Waals surface area contributed by atoms with Crippen LogP contribution in [0.1, 0.15) is 27.8 Å². The molecule has 0 bridgehead atoms. The number of carbonyl (C=O) groups excluding carboxylic acids is 1. The van der Waals surface area contributed by atoms with E-state index in [-0.39, 0.29) is 17.2 Å². The molecule has 152 valence electrons. The van der Waals surface area contributed by atoms with Gasteiger partial charge in [0.2, 0.25) is 0 Å². The number of nitrogens with zero attached hydrogens (tertiary/aromatic N) is 3. The van der Waals surface area contributed by atoms with Crippen LogP contribution >= 0.6 is 0 Å². The second-order valence-corrected chi connectivity index (χ2v) is 6.51. The molecule has 1 unspecified atom stereocenters. The van der Waals surface area contributed by atoms with Crippen molar-refractivity contribution < 1.29 is 23.8 Å². The summed E-state index contributed by atoms with van der Waals surface area (Å²) in [6, 6.07) is 14.1. The third-order valence-corrected chi connectivity index (χ3v) is 4.71. The molecule has 8 heteroatoms. The highest BCUT2D eigenvalue weighted by Crippen LogP contribution is 2.35. The molecule has 0 aliphatic heterocycles. The van der Waals surface area contributed by atoms with Crippen molar-refractivity contribution >= 4 is 11.5 Å². The number of esters is 1. The SMILES string of the molecule is COC(=O)c1cccc(C(O)c2c(-c3ccc(F)cc3)nn3cc(OC)ccc23)n1. The zero-order valence-corrected chi connectivity index (χ0v) is 16.2. The van der Waals surface area contributed by atoms with Crippen LogP contribution in [0, 0.1) is 5.82 Å². The van der Waals surface area contributed by atoms with Crippen LogP contribution in [-0.2, 0) is 4.74 Å². The molecule has 3 heterocycles. The molecule has 7 nitrogen and oxygen atoms in total. The minimum Gasteiger partial charge on any atom is -0.495 e. The quantitative estimate of drug-likeness (QED) is 0.510. The first-order chi connectivity index (χ1) is 14.5. The van der Waals surface area contributed by atoms with Crippen molar-refractivity contribution in [2.24, 2.45) is 0 Å². The minimum atomic E-state index is -1.19. The van der Waals surface area contributed by atoms with Crippen LogP contribution in [0.25, 0.3) is 16.8 Å². The van der Waals surface area contributed by atoms with Crippen molar-refractivity contribution in [1.29, 1.82) is 0 Å². The molecule has 0 spiro atoms. The van der Waals surface area contributed by atoms with Gasteiger partial charge >= 0.3 is 5.97 Å². The van der Waals surface area contributed by atoms with Crippen LogP contribution in [-0.4, -0.2) is 39.9 Å². The van der Waals surface area contributed by atoms with Gasteiger partial charge in [-0.05, 0) is 48.5 Å². The summed E-state index contributed by atoms with van der Waals surface area (Å²) in [5.74, 6) is -0.395. The van der Waals surface area contributed by atoms with Gasteiger partial charge in [0.25, 0.3) is 0 Å². The van der Waals surface area contributed by atoms with E-state index >= 15 is 0 Å². The van der Waals surface area contributed by atoms with E-state index < -0.39 is 12.1 Å². The van der Waals surface area contributed by atoms with Gasteiger partial charge in [0.05, 0.1) is 37.3 Å². The number of fused-ring (bicyclic) bond motifs is 1. The smallest absolute Gasteiger partial charge is 0.356 e. The Kier molecular flexibility index (Phi) is 5.16. The Balaban J connectivity index is 1.91. The summed E-state index contributed by atoms with van der Waals surface area (Å²) in [6.07, 6.45) is 0.484. The number of aliphatic hydroxyl groups is 1. The third-order valence-electron chi connectivity index (χ3n) is 4.71. The van der Waals surface area contributed by atoms with Gasteiger partial charge < -0.3 is 14.6 Å². The van der Waals surface area contributed by atoms with Crippen LogP contribution < -0.4 is 4.74 Å². The van der Waals surface area contributed by atoms with Gasteiger partial charge in [0.15, 0.2) is 0 Å². The number of pyridine rings is 2. The Morgan fingerprint density at radius 3 is 2.57 bits per heavy atom. The summed E-state index contributed by atoms with van der Waals surface area (Å²) < 4.78 is 25.0. The third kappa shape index (κ3) is 3.48. The number of rotatable bonds is 5. The zero-order chi connectivity index (χ0) is 21.3. The predicted molar refractivity (Wildman–Crippen MR) is 107 cm³/mol. The van der Waals surface area contributed by atoms with Gasteiger partial charge in [-0.25, -0.2) is 18.7 Å². The molecule has 1 atom stereocenters. The van der Waals surface area contributed by atoms with Crippen molar-refractivity contribution in [3.05, 3.63) is 83.6 Å². The van der Waals surface area contributed by atoms with E-state index in [0.29, 0.717) is 28.1 Å². The highest BCUT2D eigenvalue weighted by atomic mass is 19.1. The number of carbonyl (C=O) groups is 1. The average Bonchev–Trinajstić information content (AvgIpc) is 3.17. The fourth-order valence-electron chi connectivity index (χ4n) is 3.23. The second kappa shape index (κ2) is 7.92. The van der Waals surface area contributed by atoms with Gasteiger partial charge in [0.1, 0.15) is 23.4 Å². The first-order valence-electron chi connectivity index (χ1n) is 9.07. The van der Waals surface area contributed by atoms with Crippen molar-refractivity contribution in [3.8, 4) is 17.0 Å². The minimum absolute atomic E-state index is 0.0792. The lowest BCUT2D eigenvalue weighted by Crippen LogP contribution is -2.09. The van der Waals surface area contributed by atoms with E-state index in [1.54, 1.807) is 54.2 Å². The van der Waals surface area contributed by atoms with Crippen molar-refractivity contribution in [3.63, 3.8) is 0 Å². The first kappa shape index (κ1) is 19.5. The van der Waals surface area contributed by atoms with Gasteiger partial charge in [-0.2, -0.15) is 5.10 Å². The number of aliphatic hydroxyl groups excluding tert-OH is 1. The van der Waals surface area contributed by atoms with E-state index in [2.05, 4.69) is 10.1 Å². The molecule has 3 aromatic heterocycles. The fraction of sp³-hybridized carbons (Fsp3) is 0.136. The first-order valence-corrected chi connectivity index (χ1v) is 9.07. The predicted octanol–water partition coefficient (Wildman–Crippen LogP) is 3.41. The Labute approximate surface area is 171 Å². The number of halogens is 1. The maximum Gasteiger partial charge on any atom is 0.356 e. The van der Waals surface area contributed by atoms with Crippen molar-refractivity contribution in [2.75, 3.05) is 14.2 Å². The normalized spacial score (nSPS) is 12.0. The van der Waals surface area contributed by atoms with E-state index in [1.807, 2.05) is 0 Å². The molecule has 1 N–H and O–H groups in total. The van der Waals surface area contributed by atoms with Crippen LogP contribution in [0.15, 0.2) is 60.8 Å². The Bertz CT molecular complexity index is 1220. The summed E-state index contributed by atoms with van der Waals surface area (Å²) in [4.78, 5) is 16.1. The molecule has 0 fully saturated rings. The molecule has 0 saturated heterocycles. The molecule has 0 saturated carbocycles. The van der Waals surface area contributed by atoms with Crippen molar-refractivity contribution in [1.82, 2.24) is 14.6 Å². The lowest BCUT2D eigenvalue weighted by atomic mass is 9.99. The molecule has 30 heavy (non-hydrogen) atoms. The molecule has 0 aliphatic rings. The van der Waals surface area contributed by atoms with Gasteiger partial charge in [-0.1, -0.05) is 6.07 Å². The van der Waals surface area contributed by atoms with Gasteiger partial charge in [-0.15, -0.1) is 0 Å². The summed E-state index contributed by atoms with van der Waals surface area (Å²) in [7, 11) is 2.81. The Hall–Kier alpha value is -3.78. The van der Waals surface area contributed by atoms with Crippen LogP contribution in [0.2, 0.25) is 0 Å². The second-order valence-electron chi connectivity index (χ2n) is 6.51. The highest BCUT2D eigenvalue weighted by Gasteiger charge is 2.25. The van der Waals surface area contributed by atoms with Crippen LogP contribution in [0.5, 0.6) is 5.75 Å². The number of benzene rings is 1. The maximum atomic E-state index is 13.4. The molecule has 4 rings (SSSR count). The topological polar surface area (TPSA) is 86.0 Å². The van der Waals surface area contributed by atoms with E-state index in [1.165, 1.54) is 25.3 Å². The van der Waals surface area contributed by atoms with Crippen molar-refractivity contribution in [2.45, 2.75) is 6.10 Å². The summed E-state index contributed by atoms with van der Waals surface area (Å²) in [5.41, 5.74) is 2.51. The molecular weight excluding hydrogens is 389 g/mol. The number of methoxy groups -OCH3 is 2. The Morgan fingerprint density at radius 1 is 1.10 bits per heavy atom. The fourth-order valence-corrected chi connectivity index (χ4v) is 3.23. The lowest BCUT2D eigenvalue weighted by molar-refractivity contribution is 0.0593. The van der Waals surface area contributed by atoms with Crippen LogP contribution in [0.4, 0.5) is 4.39 Å². The molecule has 4 aromatic rings. The zero-order valence-electron chi connectivity index (χ0n) is 16.2. The molecular formula is C22H18FN3O4. The summed E-state index contributed by atoms with van der Waals surface area (Å²) in [5, 5.41) is 15.8. The largest absolute Gasteiger partial charge is 0.495 e. The standard InChI is InChI=1S/C22H18FN3O4/c1-29-15-10-11-18-19(21(27)16-4-3-5-17(24-16)22(28)30-2)20(25-26(18)12-15)13-6-8-14(23)9-7-13/h3-12,21,27H,1-2H3. The molecule has 1 aromatic carbocycles. The number of hydrogen-bond acceptors (Lipinski definition) is 6. The number of hydrogen-bond donors (Lipinski definition) is 1. The van der Waals surface area contributed by atoms with Gasteiger partial charge in [0, 0.05) is 11.1 Å². The lowest BCUT2D eigenvalue weighted by Gasteiger charge is -2.12. The Morgan fingerprint density at radius 2 is 1.87 bits per heavy atom. The highest BCUT2D eigenvalue weighted by molar-refractivity contribution is 5.87. The van der Waals surface area contributed by atoms with Gasteiger partial charge in [-0.3, -0.25) is 0 Å². The maximum absolute atomic E-state index is 13.4. The van der Waals surface area contributed by atoms with E-state index in [9.17, 15) is 14.3 Å². The average molecular weight is 407 g/mol. The number of aromatic nitrogens is 3. The summed E-state index contributed by atoms with van der Waals surface area (Å²) >= 11 is 0. The molecule has 0 radical (unpaired) electrons. The molecule has 0 amide bonds. The monoisotopic (exact) mass is 407 g/mol. The van der Waals surface area contributed by atoms with E-state index in [0.717, 1.165) is 0 Å². The summed E-state index contributed by atoms with van der Waals surface area (Å²) in [6.45, 7) is 0.